The van der Waals surface area contributed by atoms with Gasteiger partial charge in [-0.1, -0.05) is 25.1 Å². The molecule has 2 heteroatoms. The van der Waals surface area contributed by atoms with Crippen molar-refractivity contribution in [2.75, 3.05) is 13.7 Å². The molecular weight excluding hydrogens is 150 g/mol. The van der Waals surface area contributed by atoms with E-state index in [0.29, 0.717) is 0 Å². The first-order valence-corrected chi connectivity index (χ1v) is 4.14. The number of hydrogen-bond acceptors (Lipinski definition) is 2. The molecule has 1 rings (SSSR count). The van der Waals surface area contributed by atoms with Gasteiger partial charge >= 0.3 is 0 Å². The molecule has 0 radical (unpaired) electrons. The number of para-hydroxylation sites is 1. The van der Waals surface area contributed by atoms with Gasteiger partial charge in [-0.25, -0.2) is 0 Å². The second-order valence-electron chi connectivity index (χ2n) is 2.31. The molecule has 0 saturated carbocycles. The maximum atomic E-state index is 5.03. The Bertz CT molecular complexity index is 172. The zero-order chi connectivity index (χ0) is 9.23. The van der Waals surface area contributed by atoms with Crippen LogP contribution in [0, 0.1) is 0 Å². The van der Waals surface area contributed by atoms with Gasteiger partial charge in [-0.3, -0.25) is 0 Å². The molecule has 0 aliphatic rings. The summed E-state index contributed by atoms with van der Waals surface area (Å²) in [6, 6.07) is 9.68. The van der Waals surface area contributed by atoms with E-state index >= 15 is 0 Å². The van der Waals surface area contributed by atoms with Crippen LogP contribution in [-0.4, -0.2) is 13.7 Å². The molecule has 0 amide bonds. The van der Waals surface area contributed by atoms with E-state index in [1.165, 1.54) is 0 Å². The molecule has 0 heterocycles. The van der Waals surface area contributed by atoms with Crippen molar-refractivity contribution in [1.82, 2.24) is 0 Å². The monoisotopic (exact) mass is 167 g/mol. The fourth-order valence-corrected chi connectivity index (χ4v) is 0.557. The number of ether oxygens (including phenoxy) is 1. The molecule has 0 fully saturated rings. The first-order chi connectivity index (χ1) is 5.85. The minimum Gasteiger partial charge on any atom is -0.497 e. The summed E-state index contributed by atoms with van der Waals surface area (Å²) in [6.07, 6.45) is 1.10. The van der Waals surface area contributed by atoms with Crippen molar-refractivity contribution in [1.29, 1.82) is 0 Å². The molecule has 0 saturated heterocycles. The quantitative estimate of drug-likeness (QED) is 0.731. The van der Waals surface area contributed by atoms with Crippen LogP contribution in [0.1, 0.15) is 13.3 Å². The van der Waals surface area contributed by atoms with Crippen LogP contribution in [0.5, 0.6) is 5.75 Å². The standard InChI is InChI=1S/C7H8O.C3H9N/c1-8-7-5-3-2-4-6-7;1-2-3-4/h2-6H,1H3;2-4H2,1H3. The normalized spacial score (nSPS) is 8.25. The van der Waals surface area contributed by atoms with Gasteiger partial charge in [0.2, 0.25) is 0 Å². The van der Waals surface area contributed by atoms with Crippen molar-refractivity contribution >= 4 is 0 Å². The molecule has 1 aromatic carbocycles. The average molecular weight is 167 g/mol. The first kappa shape index (κ1) is 11.0. The Kier molecular flexibility index (Phi) is 7.39. The number of rotatable bonds is 2. The zero-order valence-electron chi connectivity index (χ0n) is 7.79. The van der Waals surface area contributed by atoms with E-state index in [9.17, 15) is 0 Å². The van der Waals surface area contributed by atoms with Gasteiger partial charge in [0.25, 0.3) is 0 Å². The van der Waals surface area contributed by atoms with Crippen LogP contribution in [0.25, 0.3) is 0 Å². The SMILES string of the molecule is CCCN.COc1ccccc1. The molecule has 0 aliphatic carbocycles. The molecular formula is C10H17NO. The predicted molar refractivity (Wildman–Crippen MR) is 52.3 cm³/mol. The highest BCUT2D eigenvalue weighted by molar-refractivity contribution is 5.20. The maximum absolute atomic E-state index is 5.03. The summed E-state index contributed by atoms with van der Waals surface area (Å²) in [5, 5.41) is 0. The Balaban J connectivity index is 0.000000261. The molecule has 2 N–H and O–H groups in total. The van der Waals surface area contributed by atoms with Gasteiger partial charge in [-0.2, -0.15) is 0 Å². The van der Waals surface area contributed by atoms with Crippen LogP contribution in [0.15, 0.2) is 30.3 Å². The summed E-state index contributed by atoms with van der Waals surface area (Å²) in [4.78, 5) is 0. The highest BCUT2D eigenvalue weighted by Gasteiger charge is 1.80. The third kappa shape index (κ3) is 5.74. The van der Waals surface area contributed by atoms with Crippen molar-refractivity contribution in [2.24, 2.45) is 5.73 Å². The Morgan fingerprint density at radius 3 is 2.00 bits per heavy atom. The second-order valence-corrected chi connectivity index (χ2v) is 2.31. The Labute approximate surface area is 74.4 Å². The van der Waals surface area contributed by atoms with Crippen molar-refractivity contribution in [3.8, 4) is 5.75 Å². The Morgan fingerprint density at radius 2 is 1.75 bits per heavy atom. The summed E-state index contributed by atoms with van der Waals surface area (Å²) in [5.41, 5.74) is 5.03. The van der Waals surface area contributed by atoms with E-state index in [4.69, 9.17) is 10.5 Å². The largest absolute Gasteiger partial charge is 0.497 e. The van der Waals surface area contributed by atoms with Crippen LogP contribution in [-0.2, 0) is 0 Å². The molecule has 0 bridgehead atoms. The van der Waals surface area contributed by atoms with Crippen LogP contribution in [0.4, 0.5) is 0 Å². The fourth-order valence-electron chi connectivity index (χ4n) is 0.557. The minimum absolute atomic E-state index is 0.819. The molecule has 1 aromatic rings. The summed E-state index contributed by atoms with van der Waals surface area (Å²) >= 11 is 0. The first-order valence-electron chi connectivity index (χ1n) is 4.14. The second kappa shape index (κ2) is 8.08. The van der Waals surface area contributed by atoms with Crippen LogP contribution in [0.3, 0.4) is 0 Å². The Morgan fingerprint density at radius 1 is 1.25 bits per heavy atom. The van der Waals surface area contributed by atoms with Crippen molar-refractivity contribution in [2.45, 2.75) is 13.3 Å². The highest BCUT2D eigenvalue weighted by Crippen LogP contribution is 2.05. The lowest BCUT2D eigenvalue weighted by molar-refractivity contribution is 0.415. The van der Waals surface area contributed by atoms with E-state index in [2.05, 4.69) is 6.92 Å². The van der Waals surface area contributed by atoms with Gasteiger partial charge in [0.05, 0.1) is 7.11 Å². The lowest BCUT2D eigenvalue weighted by Crippen LogP contribution is -1.93. The average Bonchev–Trinajstić information content (AvgIpc) is 2.19. The van der Waals surface area contributed by atoms with E-state index in [1.807, 2.05) is 30.3 Å². The van der Waals surface area contributed by atoms with Gasteiger partial charge in [-0.05, 0) is 25.1 Å². The zero-order valence-corrected chi connectivity index (χ0v) is 7.79. The molecule has 12 heavy (non-hydrogen) atoms. The summed E-state index contributed by atoms with van der Waals surface area (Å²) in [6.45, 7) is 2.88. The van der Waals surface area contributed by atoms with Gasteiger partial charge in [0.1, 0.15) is 5.75 Å². The van der Waals surface area contributed by atoms with Gasteiger partial charge in [0.15, 0.2) is 0 Å². The highest BCUT2D eigenvalue weighted by atomic mass is 16.5. The molecule has 68 valence electrons. The third-order valence-electron chi connectivity index (χ3n) is 1.27. The van der Waals surface area contributed by atoms with Gasteiger partial charge < -0.3 is 10.5 Å². The molecule has 0 unspecified atom stereocenters. The molecule has 0 atom stereocenters. The maximum Gasteiger partial charge on any atom is 0.118 e. The van der Waals surface area contributed by atoms with E-state index in [-0.39, 0.29) is 0 Å². The summed E-state index contributed by atoms with van der Waals surface area (Å²) in [7, 11) is 1.66. The van der Waals surface area contributed by atoms with Crippen LogP contribution >= 0.6 is 0 Å². The Hall–Kier alpha value is -1.02. The molecule has 0 aliphatic heterocycles. The lowest BCUT2D eigenvalue weighted by Gasteiger charge is -1.93. The van der Waals surface area contributed by atoms with E-state index in [1.54, 1.807) is 7.11 Å². The lowest BCUT2D eigenvalue weighted by atomic mass is 10.3. The van der Waals surface area contributed by atoms with Crippen LogP contribution in [0.2, 0.25) is 0 Å². The van der Waals surface area contributed by atoms with Gasteiger partial charge in [0, 0.05) is 0 Å². The van der Waals surface area contributed by atoms with Crippen molar-refractivity contribution < 1.29 is 4.74 Å². The molecule has 0 aromatic heterocycles. The van der Waals surface area contributed by atoms with E-state index in [0.717, 1.165) is 18.7 Å². The fraction of sp³-hybridized carbons (Fsp3) is 0.400. The number of benzene rings is 1. The summed E-state index contributed by atoms with van der Waals surface area (Å²) in [5.74, 6) is 0.910. The molecule has 2 nitrogen and oxygen atoms in total. The van der Waals surface area contributed by atoms with Gasteiger partial charge in [-0.15, -0.1) is 0 Å². The van der Waals surface area contributed by atoms with E-state index < -0.39 is 0 Å². The molecule has 0 spiro atoms. The summed E-state index contributed by atoms with van der Waals surface area (Å²) < 4.78 is 4.91. The third-order valence-corrected chi connectivity index (χ3v) is 1.27. The number of nitrogens with two attached hydrogens (primary N) is 1. The topological polar surface area (TPSA) is 35.2 Å². The predicted octanol–water partition coefficient (Wildman–Crippen LogP) is 2.05. The number of methoxy groups -OCH3 is 1. The van der Waals surface area contributed by atoms with Crippen LogP contribution < -0.4 is 10.5 Å². The smallest absolute Gasteiger partial charge is 0.118 e. The minimum atomic E-state index is 0.819. The van der Waals surface area contributed by atoms with Crippen molar-refractivity contribution in [3.63, 3.8) is 0 Å². The van der Waals surface area contributed by atoms with Crippen molar-refractivity contribution in [3.05, 3.63) is 30.3 Å². The number of hydrogen-bond donors (Lipinski definition) is 1.